The second-order valence-corrected chi connectivity index (χ2v) is 12.0. The molecule has 11 heteroatoms. The fraction of sp³-hybridized carbons (Fsp3) is 0.417. The molecule has 0 saturated carbocycles. The number of ether oxygens (including phenoxy) is 1. The summed E-state index contributed by atoms with van der Waals surface area (Å²) >= 11 is 2.83. The third kappa shape index (κ3) is 7.93. The van der Waals surface area contributed by atoms with Crippen LogP contribution in [0, 0.1) is 0 Å². The van der Waals surface area contributed by atoms with Gasteiger partial charge in [-0.05, 0) is 52.3 Å². The summed E-state index contributed by atoms with van der Waals surface area (Å²) in [6, 6.07) is 5.05. The molecule has 0 aliphatic heterocycles. The Morgan fingerprint density at radius 3 is 2.40 bits per heavy atom. The molecule has 188 valence electrons. The zero-order valence-corrected chi connectivity index (χ0v) is 21.7. The van der Waals surface area contributed by atoms with E-state index in [4.69, 9.17) is 4.74 Å². The van der Waals surface area contributed by atoms with Gasteiger partial charge in [-0.2, -0.15) is 13.2 Å². The topological polar surface area (TPSA) is 77.0 Å². The summed E-state index contributed by atoms with van der Waals surface area (Å²) in [4.78, 5) is 25.5. The molecule has 3 rings (SSSR count). The molecule has 2 heterocycles. The largest absolute Gasteiger partial charge is 0.459 e. The Balaban J connectivity index is 1.53. The molecule has 1 aromatic carbocycles. The minimum atomic E-state index is -4.40. The number of alkyl halides is 3. The van der Waals surface area contributed by atoms with E-state index in [1.54, 1.807) is 6.07 Å². The third-order valence-electron chi connectivity index (χ3n) is 4.60. The molecule has 0 aliphatic carbocycles. The van der Waals surface area contributed by atoms with Gasteiger partial charge in [-0.25, -0.2) is 15.0 Å². The van der Waals surface area contributed by atoms with Crippen LogP contribution in [0.2, 0.25) is 0 Å². The smallest absolute Gasteiger partial charge is 0.416 e. The van der Waals surface area contributed by atoms with Gasteiger partial charge in [-0.3, -0.25) is 4.79 Å². The Morgan fingerprint density at radius 1 is 1.09 bits per heavy atom. The van der Waals surface area contributed by atoms with E-state index in [0.29, 0.717) is 30.0 Å². The van der Waals surface area contributed by atoms with Crippen molar-refractivity contribution in [2.75, 3.05) is 11.9 Å². The number of esters is 1. The number of nitrogens with zero attached hydrogens (tertiary/aromatic N) is 3. The molecule has 0 spiro atoms. The summed E-state index contributed by atoms with van der Waals surface area (Å²) in [6.45, 7) is 9.66. The fourth-order valence-corrected chi connectivity index (χ4v) is 5.12. The summed E-state index contributed by atoms with van der Waals surface area (Å²) in [5, 5.41) is 5.03. The molecule has 0 fully saturated rings. The van der Waals surface area contributed by atoms with Gasteiger partial charge in [0.1, 0.15) is 10.3 Å². The Morgan fingerprint density at radius 2 is 1.77 bits per heavy atom. The van der Waals surface area contributed by atoms with Crippen LogP contribution in [0.4, 0.5) is 19.1 Å². The summed E-state index contributed by atoms with van der Waals surface area (Å²) < 4.78 is 44.3. The van der Waals surface area contributed by atoms with Crippen molar-refractivity contribution in [1.82, 2.24) is 15.0 Å². The van der Waals surface area contributed by atoms with Gasteiger partial charge >= 0.3 is 12.1 Å². The number of thiazole rings is 1. The lowest BCUT2D eigenvalue weighted by Gasteiger charge is -2.27. The second kappa shape index (κ2) is 10.5. The Kier molecular flexibility index (Phi) is 8.10. The quantitative estimate of drug-likeness (QED) is 0.267. The summed E-state index contributed by atoms with van der Waals surface area (Å²) in [6.07, 6.45) is -0.817. The van der Waals surface area contributed by atoms with Crippen molar-refractivity contribution >= 4 is 35.0 Å². The van der Waals surface area contributed by atoms with Crippen LogP contribution in [0.25, 0.3) is 11.1 Å². The van der Waals surface area contributed by atoms with Crippen molar-refractivity contribution in [3.8, 4) is 11.1 Å². The third-order valence-corrected chi connectivity index (χ3v) is 6.77. The summed E-state index contributed by atoms with van der Waals surface area (Å²) in [7, 11) is 0. The van der Waals surface area contributed by atoms with Crippen LogP contribution >= 0.6 is 23.1 Å². The zero-order chi connectivity index (χ0) is 25.9. The molecule has 35 heavy (non-hydrogen) atoms. The lowest BCUT2D eigenvalue weighted by atomic mass is 10.1. The average Bonchev–Trinajstić information content (AvgIpc) is 3.19. The van der Waals surface area contributed by atoms with Crippen molar-refractivity contribution in [2.45, 2.75) is 61.9 Å². The summed E-state index contributed by atoms with van der Waals surface area (Å²) in [5.41, 5.74) is 0.490. The molecule has 0 saturated heterocycles. The predicted molar refractivity (Wildman–Crippen MR) is 133 cm³/mol. The maximum absolute atomic E-state index is 12.9. The monoisotopic (exact) mass is 524 g/mol. The van der Waals surface area contributed by atoms with Crippen molar-refractivity contribution in [3.05, 3.63) is 53.3 Å². The number of aromatic nitrogens is 3. The highest BCUT2D eigenvalue weighted by Gasteiger charge is 2.34. The van der Waals surface area contributed by atoms with Gasteiger partial charge in [-0.15, -0.1) is 11.3 Å². The number of thioether (sulfide) groups is 1. The lowest BCUT2D eigenvalue weighted by Crippen LogP contribution is -2.36. The molecular weight excluding hydrogens is 497 g/mol. The predicted octanol–water partition coefficient (Wildman–Crippen LogP) is 6.49. The van der Waals surface area contributed by atoms with E-state index in [1.165, 1.54) is 41.6 Å². The molecule has 0 radical (unpaired) electrons. The van der Waals surface area contributed by atoms with Crippen LogP contribution in [0.3, 0.4) is 0 Å². The highest BCUT2D eigenvalue weighted by atomic mass is 32.2. The molecule has 0 unspecified atom stereocenters. The first kappa shape index (κ1) is 26.9. The first-order valence-corrected chi connectivity index (χ1v) is 12.5. The summed E-state index contributed by atoms with van der Waals surface area (Å²) in [5.74, 6) is 0.0794. The maximum atomic E-state index is 12.9. The average molecular weight is 525 g/mol. The number of benzene rings is 1. The van der Waals surface area contributed by atoms with Gasteiger partial charge in [0.2, 0.25) is 5.95 Å². The van der Waals surface area contributed by atoms with Crippen LogP contribution in [-0.4, -0.2) is 37.8 Å². The van der Waals surface area contributed by atoms with Crippen molar-refractivity contribution in [3.63, 3.8) is 0 Å². The molecule has 2 aromatic heterocycles. The SMILES string of the molecule is CC(C)(C)OC(=O)C(C)(C)Sc1nc(CCNc2ncc(-c3cccc(C(F)(F)F)c3)cn2)cs1. The number of rotatable bonds is 8. The normalized spacial score (nSPS) is 12.5. The van der Waals surface area contributed by atoms with E-state index in [-0.39, 0.29) is 5.97 Å². The van der Waals surface area contributed by atoms with E-state index in [9.17, 15) is 18.0 Å². The van der Waals surface area contributed by atoms with Crippen molar-refractivity contribution in [2.24, 2.45) is 0 Å². The minimum Gasteiger partial charge on any atom is -0.459 e. The first-order valence-electron chi connectivity index (χ1n) is 10.8. The molecule has 0 aliphatic rings. The molecular formula is C24H27F3N4O2S2. The fourth-order valence-electron chi connectivity index (χ4n) is 2.86. The van der Waals surface area contributed by atoms with Gasteiger partial charge in [0.05, 0.1) is 11.3 Å². The molecule has 0 amide bonds. The van der Waals surface area contributed by atoms with E-state index in [1.807, 2.05) is 40.0 Å². The maximum Gasteiger partial charge on any atom is 0.416 e. The highest BCUT2D eigenvalue weighted by molar-refractivity contribution is 8.03. The van der Waals surface area contributed by atoms with E-state index in [0.717, 1.165) is 22.2 Å². The van der Waals surface area contributed by atoms with Crippen molar-refractivity contribution < 1.29 is 22.7 Å². The molecule has 6 nitrogen and oxygen atoms in total. The molecule has 0 atom stereocenters. The number of hydrogen-bond donors (Lipinski definition) is 1. The number of carbonyl (C=O) groups excluding carboxylic acids is 1. The Hall–Kier alpha value is -2.66. The van der Waals surface area contributed by atoms with E-state index < -0.39 is 22.1 Å². The molecule has 3 aromatic rings. The van der Waals surface area contributed by atoms with Crippen LogP contribution in [0.15, 0.2) is 46.4 Å². The van der Waals surface area contributed by atoms with Gasteiger partial charge in [0.25, 0.3) is 0 Å². The van der Waals surface area contributed by atoms with E-state index in [2.05, 4.69) is 20.3 Å². The zero-order valence-electron chi connectivity index (χ0n) is 20.1. The number of hydrogen-bond acceptors (Lipinski definition) is 8. The van der Waals surface area contributed by atoms with Gasteiger partial charge in [0, 0.05) is 36.3 Å². The Labute approximate surface area is 210 Å². The second-order valence-electron chi connectivity index (χ2n) is 9.27. The van der Waals surface area contributed by atoms with Crippen LogP contribution in [0.5, 0.6) is 0 Å². The van der Waals surface area contributed by atoms with Crippen molar-refractivity contribution in [1.29, 1.82) is 0 Å². The van der Waals surface area contributed by atoms with E-state index >= 15 is 0 Å². The minimum absolute atomic E-state index is 0.292. The Bertz CT molecular complexity index is 1160. The van der Waals surface area contributed by atoms with Gasteiger partial charge < -0.3 is 10.1 Å². The lowest BCUT2D eigenvalue weighted by molar-refractivity contribution is -0.156. The molecule has 1 N–H and O–H groups in total. The highest BCUT2D eigenvalue weighted by Crippen LogP contribution is 2.36. The van der Waals surface area contributed by atoms with Crippen LogP contribution in [0.1, 0.15) is 45.9 Å². The molecule has 0 bridgehead atoms. The van der Waals surface area contributed by atoms with Gasteiger partial charge in [0.15, 0.2) is 4.34 Å². The number of nitrogens with one attached hydrogen (secondary N) is 1. The number of carbonyl (C=O) groups is 1. The number of halogens is 3. The van der Waals surface area contributed by atoms with Crippen LogP contribution < -0.4 is 5.32 Å². The van der Waals surface area contributed by atoms with Gasteiger partial charge in [-0.1, -0.05) is 23.9 Å². The van der Waals surface area contributed by atoms with Crippen LogP contribution in [-0.2, 0) is 22.1 Å². The first-order chi connectivity index (χ1) is 16.2. The standard InChI is InChI=1S/C24H27F3N4O2S2/c1-22(2,3)33-19(32)23(4,5)35-21-31-18(14-34-21)9-10-28-20-29-12-16(13-30-20)15-7-6-8-17(11-15)24(25,26)27/h6-8,11-14H,9-10H2,1-5H3,(H,28,29,30). The number of anilines is 1.